The third-order valence-electron chi connectivity index (χ3n) is 8.42. The van der Waals surface area contributed by atoms with Crippen molar-refractivity contribution >= 4 is 11.9 Å². The Morgan fingerprint density at radius 3 is 0.940 bits per heavy atom. The number of rotatable bonds is 14. The molecule has 264 valence electrons. The Bertz CT molecular complexity index is 1550. The first-order valence-electron chi connectivity index (χ1n) is 17.7. The minimum Gasteiger partial charge on any atom is -0.493 e. The molecule has 0 saturated heterocycles. The number of benzene rings is 4. The monoisotopic (exact) mass is 680 g/mol. The Hall–Kier alpha value is -4.98. The van der Waals surface area contributed by atoms with Gasteiger partial charge in [-0.2, -0.15) is 0 Å². The normalized spacial score (nSPS) is 12.1. The number of hydrogen-bond donors (Lipinski definition) is 0. The van der Waals surface area contributed by atoms with E-state index in [9.17, 15) is 9.59 Å². The van der Waals surface area contributed by atoms with Crippen LogP contribution in [0, 0.1) is 0 Å². The molecule has 0 heterocycles. The molecule has 0 unspecified atom stereocenters. The number of para-hydroxylation sites is 4. The summed E-state index contributed by atoms with van der Waals surface area (Å²) in [6, 6.07) is 24.6. The van der Waals surface area contributed by atoms with Crippen LogP contribution >= 0.6 is 0 Å². The van der Waals surface area contributed by atoms with Crippen LogP contribution in [0.5, 0.6) is 23.0 Å². The highest BCUT2D eigenvalue weighted by molar-refractivity contribution is 5.72. The Morgan fingerprint density at radius 1 is 0.440 bits per heavy atom. The molecule has 0 atom stereocenters. The van der Waals surface area contributed by atoms with Crippen molar-refractivity contribution in [1.29, 1.82) is 0 Å². The maximum atomic E-state index is 12.5. The molecular weight excluding hydrogens is 632 g/mol. The minimum absolute atomic E-state index is 0.195. The van der Waals surface area contributed by atoms with Crippen molar-refractivity contribution in [2.24, 2.45) is 0 Å². The van der Waals surface area contributed by atoms with E-state index in [1.54, 1.807) is 13.8 Å². The van der Waals surface area contributed by atoms with E-state index in [2.05, 4.69) is 38.1 Å². The molecule has 0 saturated carbocycles. The maximum Gasteiger partial charge on any atom is 0.344 e. The summed E-state index contributed by atoms with van der Waals surface area (Å²) in [5, 5.41) is 0. The molecule has 5 rings (SSSR count). The molecule has 1 aliphatic rings. The number of fused-ring (bicyclic) bond motifs is 8. The van der Waals surface area contributed by atoms with E-state index in [1.807, 2.05) is 48.5 Å². The molecular formula is C42H48O8. The SMILES string of the molecule is CCCOc1c2cccc1Cc1cccc(c1OCC(=O)OCC)Cc1cccc(c1OCCC)Cc1cccc(c1OCC(=O)OCC)C2. The molecule has 50 heavy (non-hydrogen) atoms. The van der Waals surface area contributed by atoms with Gasteiger partial charge in [-0.15, -0.1) is 0 Å². The van der Waals surface area contributed by atoms with Gasteiger partial charge in [0.1, 0.15) is 23.0 Å². The fourth-order valence-corrected chi connectivity index (χ4v) is 6.30. The van der Waals surface area contributed by atoms with Crippen LogP contribution in [0.4, 0.5) is 0 Å². The topological polar surface area (TPSA) is 89.5 Å². The standard InChI is InChI=1S/C42H48O8/c1-5-21-47-39-29-13-9-14-30(39)24-34-18-12-20-36(42(34)50-28-38(44)46-8-4)26-32-16-10-15-31(40(32)48-22-6-2)25-35-19-11-17-33(23-29)41(35)49-27-37(43)45-7-3/h9-20H,5-8,21-28H2,1-4H3. The van der Waals surface area contributed by atoms with E-state index in [4.69, 9.17) is 28.4 Å². The van der Waals surface area contributed by atoms with Crippen LogP contribution in [0.25, 0.3) is 0 Å². The molecule has 0 fully saturated rings. The summed E-state index contributed by atoms with van der Waals surface area (Å²) >= 11 is 0. The first-order chi connectivity index (χ1) is 24.4. The lowest BCUT2D eigenvalue weighted by molar-refractivity contribution is -0.146. The van der Waals surface area contributed by atoms with Gasteiger partial charge in [0.25, 0.3) is 0 Å². The Morgan fingerprint density at radius 2 is 0.700 bits per heavy atom. The Labute approximate surface area is 295 Å². The predicted octanol–water partition coefficient (Wildman–Crippen LogP) is 7.82. The van der Waals surface area contributed by atoms with E-state index in [1.165, 1.54) is 0 Å². The van der Waals surface area contributed by atoms with Gasteiger partial charge in [0, 0.05) is 25.7 Å². The smallest absolute Gasteiger partial charge is 0.344 e. The summed E-state index contributed by atoms with van der Waals surface area (Å²) in [6.07, 6.45) is 3.77. The largest absolute Gasteiger partial charge is 0.493 e. The van der Waals surface area contributed by atoms with Gasteiger partial charge in [0.2, 0.25) is 0 Å². The van der Waals surface area contributed by atoms with Crippen molar-refractivity contribution in [3.63, 3.8) is 0 Å². The van der Waals surface area contributed by atoms with E-state index in [-0.39, 0.29) is 26.4 Å². The maximum absolute atomic E-state index is 12.5. The number of esters is 2. The molecule has 0 aromatic heterocycles. The Balaban J connectivity index is 1.71. The van der Waals surface area contributed by atoms with E-state index >= 15 is 0 Å². The summed E-state index contributed by atoms with van der Waals surface area (Å²) in [7, 11) is 0. The lowest BCUT2D eigenvalue weighted by Crippen LogP contribution is -2.17. The second-order valence-electron chi connectivity index (χ2n) is 12.2. The van der Waals surface area contributed by atoms with Gasteiger partial charge in [-0.1, -0.05) is 86.6 Å². The number of carbonyl (C=O) groups is 2. The van der Waals surface area contributed by atoms with Gasteiger partial charge in [-0.05, 0) is 71.2 Å². The molecule has 4 aromatic rings. The molecule has 0 N–H and O–H groups in total. The van der Waals surface area contributed by atoms with Crippen molar-refractivity contribution in [2.45, 2.75) is 66.2 Å². The van der Waals surface area contributed by atoms with Crippen LogP contribution in [0.2, 0.25) is 0 Å². The highest BCUT2D eigenvalue weighted by atomic mass is 16.6. The number of carbonyl (C=O) groups excluding carboxylic acids is 2. The van der Waals surface area contributed by atoms with Gasteiger partial charge < -0.3 is 28.4 Å². The van der Waals surface area contributed by atoms with E-state index in [0.29, 0.717) is 50.4 Å². The fourth-order valence-electron chi connectivity index (χ4n) is 6.30. The van der Waals surface area contributed by atoms with Gasteiger partial charge in [0.05, 0.1) is 26.4 Å². The van der Waals surface area contributed by atoms with Crippen LogP contribution in [0.3, 0.4) is 0 Å². The van der Waals surface area contributed by atoms with Crippen LogP contribution in [0.15, 0.2) is 72.8 Å². The van der Waals surface area contributed by atoms with Crippen molar-refractivity contribution in [3.05, 3.63) is 117 Å². The van der Waals surface area contributed by atoms with Gasteiger partial charge in [-0.25, -0.2) is 9.59 Å². The average Bonchev–Trinajstić information content (AvgIpc) is 3.10. The second kappa shape index (κ2) is 18.1. The molecule has 4 aromatic carbocycles. The summed E-state index contributed by atoms with van der Waals surface area (Å²) in [6.45, 7) is 9.02. The molecule has 0 spiro atoms. The van der Waals surface area contributed by atoms with Crippen LogP contribution < -0.4 is 18.9 Å². The lowest BCUT2D eigenvalue weighted by Gasteiger charge is -2.22. The highest BCUT2D eigenvalue weighted by Crippen LogP contribution is 2.39. The third-order valence-corrected chi connectivity index (χ3v) is 8.42. The molecule has 0 radical (unpaired) electrons. The zero-order valence-corrected chi connectivity index (χ0v) is 29.7. The van der Waals surface area contributed by atoms with Crippen molar-refractivity contribution < 1.29 is 38.0 Å². The van der Waals surface area contributed by atoms with Gasteiger partial charge in [0.15, 0.2) is 13.2 Å². The summed E-state index contributed by atoms with van der Waals surface area (Å²) < 4.78 is 36.0. The lowest BCUT2D eigenvalue weighted by atomic mass is 9.91. The predicted molar refractivity (Wildman–Crippen MR) is 193 cm³/mol. The minimum atomic E-state index is -0.416. The van der Waals surface area contributed by atoms with Crippen molar-refractivity contribution in [2.75, 3.05) is 39.6 Å². The molecule has 1 aliphatic carbocycles. The average molecular weight is 681 g/mol. The molecule has 0 aliphatic heterocycles. The van der Waals surface area contributed by atoms with E-state index < -0.39 is 11.9 Å². The van der Waals surface area contributed by atoms with Crippen molar-refractivity contribution in [3.8, 4) is 23.0 Å². The van der Waals surface area contributed by atoms with Gasteiger partial charge in [-0.3, -0.25) is 0 Å². The molecule has 8 heteroatoms. The summed E-state index contributed by atoms with van der Waals surface area (Å²) in [5.74, 6) is 2.11. The first-order valence-corrected chi connectivity index (χ1v) is 17.7. The number of ether oxygens (including phenoxy) is 6. The summed E-state index contributed by atoms with van der Waals surface area (Å²) in [5.41, 5.74) is 7.74. The molecule has 8 nitrogen and oxygen atoms in total. The van der Waals surface area contributed by atoms with Crippen LogP contribution in [-0.2, 0) is 44.7 Å². The van der Waals surface area contributed by atoms with Crippen LogP contribution in [0.1, 0.15) is 85.0 Å². The number of hydrogen-bond acceptors (Lipinski definition) is 8. The van der Waals surface area contributed by atoms with Crippen LogP contribution in [-0.4, -0.2) is 51.6 Å². The third kappa shape index (κ3) is 9.17. The first kappa shape index (κ1) is 36.3. The zero-order valence-electron chi connectivity index (χ0n) is 29.7. The van der Waals surface area contributed by atoms with Crippen molar-refractivity contribution in [1.82, 2.24) is 0 Å². The van der Waals surface area contributed by atoms with Gasteiger partial charge >= 0.3 is 11.9 Å². The zero-order chi connectivity index (χ0) is 35.3. The fraction of sp³-hybridized carbons (Fsp3) is 0.381. The quantitative estimate of drug-likeness (QED) is 0.110. The molecule has 0 amide bonds. The highest BCUT2D eigenvalue weighted by Gasteiger charge is 2.22. The second-order valence-corrected chi connectivity index (χ2v) is 12.2. The van der Waals surface area contributed by atoms with E-state index in [0.717, 1.165) is 68.8 Å². The Kier molecular flexibility index (Phi) is 13.2. The summed E-state index contributed by atoms with van der Waals surface area (Å²) in [4.78, 5) is 25.0. The molecule has 8 bridgehead atoms.